The van der Waals surface area contributed by atoms with Gasteiger partial charge < -0.3 is 25.4 Å². The van der Waals surface area contributed by atoms with E-state index >= 15 is 0 Å². The average Bonchev–Trinajstić information content (AvgIpc) is 2.96. The van der Waals surface area contributed by atoms with E-state index in [9.17, 15) is 18.8 Å². The maximum atomic E-state index is 14.9. The number of aromatic nitrogens is 1. The van der Waals surface area contributed by atoms with Crippen molar-refractivity contribution in [3.63, 3.8) is 0 Å². The van der Waals surface area contributed by atoms with Crippen LogP contribution < -0.4 is 26.2 Å². The van der Waals surface area contributed by atoms with Crippen LogP contribution in [-0.2, 0) is 21.4 Å². The number of primary amides is 1. The van der Waals surface area contributed by atoms with Gasteiger partial charge in [-0.2, -0.15) is 0 Å². The topological polar surface area (TPSA) is 136 Å². The van der Waals surface area contributed by atoms with Gasteiger partial charge >= 0.3 is 0 Å². The van der Waals surface area contributed by atoms with Crippen LogP contribution >= 0.6 is 0 Å². The Hall–Kier alpha value is -4.71. The zero-order valence-corrected chi connectivity index (χ0v) is 25.6. The quantitative estimate of drug-likeness (QED) is 0.353. The standard InChI is InChI=1S/C28H31FN4O5.C2H6.CH3NO/c1-6-38-21-9-7-8-19(13-21)33(16-34)25-18(3)27(35)32(5)26(30-23-11-10-17(2)12-22(23)29)24(25)28(36)31(4)20-14-37-15-20;1-2;2-1-3/h7-13,16,20,30H,6,14-15H2,1-5H3;1-2H3;1H,(H2,2,3). The number of carbonyl (C=O) groups is 3. The maximum Gasteiger partial charge on any atom is 0.259 e. The van der Waals surface area contributed by atoms with Gasteiger partial charge in [-0.25, -0.2) is 4.39 Å². The molecule has 4 rings (SSSR count). The third kappa shape index (κ3) is 7.77. The van der Waals surface area contributed by atoms with Crippen molar-refractivity contribution in [2.24, 2.45) is 12.8 Å². The lowest BCUT2D eigenvalue weighted by molar-refractivity contribution is -0.107. The minimum absolute atomic E-state index is 0.0490. The molecular formula is C31H40FN5O6. The van der Waals surface area contributed by atoms with Gasteiger partial charge in [-0.05, 0) is 50.6 Å². The van der Waals surface area contributed by atoms with E-state index in [-0.39, 0.29) is 40.8 Å². The van der Waals surface area contributed by atoms with Gasteiger partial charge in [0.25, 0.3) is 11.5 Å². The van der Waals surface area contributed by atoms with Crippen molar-refractivity contribution in [3.05, 3.63) is 75.3 Å². The summed E-state index contributed by atoms with van der Waals surface area (Å²) in [5.74, 6) is -0.413. The third-order valence-corrected chi connectivity index (χ3v) is 6.62. The molecular weight excluding hydrogens is 557 g/mol. The number of nitrogens with two attached hydrogens (primary N) is 1. The van der Waals surface area contributed by atoms with E-state index in [0.717, 1.165) is 0 Å². The molecule has 0 spiro atoms. The summed E-state index contributed by atoms with van der Waals surface area (Å²) in [6.07, 6.45) is 0.798. The van der Waals surface area contributed by atoms with Gasteiger partial charge in [-0.1, -0.05) is 26.0 Å². The Morgan fingerprint density at radius 1 is 1.19 bits per heavy atom. The fourth-order valence-corrected chi connectivity index (χ4v) is 4.34. The highest BCUT2D eigenvalue weighted by molar-refractivity contribution is 6.09. The van der Waals surface area contributed by atoms with Gasteiger partial charge in [0.1, 0.15) is 22.9 Å². The molecule has 1 fully saturated rings. The van der Waals surface area contributed by atoms with Gasteiger partial charge in [0.2, 0.25) is 12.8 Å². The molecule has 0 aliphatic carbocycles. The number of amides is 3. The molecule has 11 nitrogen and oxygen atoms in total. The van der Waals surface area contributed by atoms with Crippen LogP contribution in [-0.4, -0.2) is 61.1 Å². The highest BCUT2D eigenvalue weighted by Gasteiger charge is 2.34. The van der Waals surface area contributed by atoms with Gasteiger partial charge in [0.15, 0.2) is 0 Å². The SMILES string of the molecule is CC.CCOc1cccc(N(C=O)c2c(C(=O)N(C)C3COC3)c(Nc3ccc(C)cc3F)n(C)c(=O)c2C)c1.NC=O. The summed E-state index contributed by atoms with van der Waals surface area (Å²) in [6.45, 7) is 10.3. The number of nitrogens with one attached hydrogen (secondary N) is 1. The second-order valence-corrected chi connectivity index (χ2v) is 9.32. The molecule has 0 saturated carbocycles. The molecule has 232 valence electrons. The number of hydrogen-bond donors (Lipinski definition) is 2. The summed E-state index contributed by atoms with van der Waals surface area (Å²) >= 11 is 0. The molecule has 3 amide bonds. The van der Waals surface area contributed by atoms with Gasteiger partial charge in [-0.15, -0.1) is 0 Å². The number of rotatable bonds is 9. The van der Waals surface area contributed by atoms with Gasteiger partial charge in [-0.3, -0.25) is 28.6 Å². The molecule has 0 bridgehead atoms. The summed E-state index contributed by atoms with van der Waals surface area (Å²) < 4.78 is 27.0. The molecule has 1 aliphatic heterocycles. The number of halogens is 1. The molecule has 0 atom stereocenters. The largest absolute Gasteiger partial charge is 0.494 e. The first-order valence-electron chi connectivity index (χ1n) is 13.8. The van der Waals surface area contributed by atoms with Crippen molar-refractivity contribution in [1.82, 2.24) is 9.47 Å². The van der Waals surface area contributed by atoms with Crippen LogP contribution in [0.3, 0.4) is 0 Å². The summed E-state index contributed by atoms with van der Waals surface area (Å²) in [7, 11) is 3.13. The molecule has 3 aromatic rings. The Morgan fingerprint density at radius 3 is 2.37 bits per heavy atom. The van der Waals surface area contributed by atoms with Crippen LogP contribution in [0.4, 0.5) is 27.3 Å². The van der Waals surface area contributed by atoms with E-state index < -0.39 is 17.3 Å². The van der Waals surface area contributed by atoms with E-state index in [0.29, 0.717) is 43.2 Å². The Labute approximate surface area is 251 Å². The van der Waals surface area contributed by atoms with Crippen molar-refractivity contribution in [2.75, 3.05) is 37.1 Å². The molecule has 12 heteroatoms. The molecule has 2 aromatic carbocycles. The van der Waals surface area contributed by atoms with Crippen molar-refractivity contribution < 1.29 is 28.2 Å². The number of aryl methyl sites for hydroxylation is 1. The lowest BCUT2D eigenvalue weighted by Gasteiger charge is -2.36. The van der Waals surface area contributed by atoms with Crippen molar-refractivity contribution >= 4 is 41.6 Å². The van der Waals surface area contributed by atoms with Crippen LogP contribution in [0.2, 0.25) is 0 Å². The molecule has 1 aromatic heterocycles. The first-order chi connectivity index (χ1) is 20.6. The first-order valence-corrected chi connectivity index (χ1v) is 13.8. The van der Waals surface area contributed by atoms with E-state index in [4.69, 9.17) is 14.3 Å². The molecule has 3 N–H and O–H groups in total. The van der Waals surface area contributed by atoms with Crippen molar-refractivity contribution in [1.29, 1.82) is 0 Å². The monoisotopic (exact) mass is 597 g/mol. The van der Waals surface area contributed by atoms with Crippen molar-refractivity contribution in [2.45, 2.75) is 40.7 Å². The normalized spacial score (nSPS) is 11.9. The van der Waals surface area contributed by atoms with Crippen molar-refractivity contribution in [3.8, 4) is 5.75 Å². The van der Waals surface area contributed by atoms with Crippen LogP contribution in [0.1, 0.15) is 42.3 Å². The van der Waals surface area contributed by atoms with E-state index in [1.54, 1.807) is 51.2 Å². The third-order valence-electron chi connectivity index (χ3n) is 6.62. The van der Waals surface area contributed by atoms with E-state index in [1.165, 1.54) is 33.5 Å². The summed E-state index contributed by atoms with van der Waals surface area (Å²) in [4.78, 5) is 51.4. The van der Waals surface area contributed by atoms with Crippen LogP contribution in [0.5, 0.6) is 5.75 Å². The van der Waals surface area contributed by atoms with E-state index in [2.05, 4.69) is 11.1 Å². The number of likely N-dealkylation sites (N-methyl/N-ethyl adjacent to an activating group) is 1. The smallest absolute Gasteiger partial charge is 0.259 e. The highest BCUT2D eigenvalue weighted by Crippen LogP contribution is 2.37. The van der Waals surface area contributed by atoms with Crippen LogP contribution in [0, 0.1) is 19.7 Å². The Bertz CT molecular complexity index is 1490. The number of benzene rings is 2. The highest BCUT2D eigenvalue weighted by atomic mass is 19.1. The number of pyridine rings is 1. The number of hydrogen-bond acceptors (Lipinski definition) is 7. The lowest BCUT2D eigenvalue weighted by atomic mass is 10.0. The fraction of sp³-hybridized carbons (Fsp3) is 0.355. The number of nitrogens with zero attached hydrogens (tertiary/aromatic N) is 3. The minimum atomic E-state index is -0.546. The lowest BCUT2D eigenvalue weighted by Crippen LogP contribution is -2.50. The molecule has 2 heterocycles. The number of carbonyl (C=O) groups excluding carboxylic acids is 3. The Balaban J connectivity index is 0.00000121. The predicted octanol–water partition coefficient (Wildman–Crippen LogP) is 4.18. The second kappa shape index (κ2) is 16.1. The van der Waals surface area contributed by atoms with Gasteiger partial charge in [0.05, 0.1) is 42.9 Å². The maximum absolute atomic E-state index is 14.9. The second-order valence-electron chi connectivity index (χ2n) is 9.32. The first kappa shape index (κ1) is 34.5. The zero-order valence-electron chi connectivity index (χ0n) is 25.6. The summed E-state index contributed by atoms with van der Waals surface area (Å²) in [5, 5.41) is 2.96. The molecule has 0 radical (unpaired) electrons. The molecule has 43 heavy (non-hydrogen) atoms. The van der Waals surface area contributed by atoms with Crippen LogP contribution in [0.25, 0.3) is 0 Å². The van der Waals surface area contributed by atoms with Crippen LogP contribution in [0.15, 0.2) is 47.3 Å². The zero-order chi connectivity index (χ0) is 32.3. The summed E-state index contributed by atoms with van der Waals surface area (Å²) in [6, 6.07) is 11.2. The fourth-order valence-electron chi connectivity index (χ4n) is 4.34. The Morgan fingerprint density at radius 2 is 1.84 bits per heavy atom. The molecule has 0 unspecified atom stereocenters. The number of ether oxygens (including phenoxy) is 2. The average molecular weight is 598 g/mol. The minimum Gasteiger partial charge on any atom is -0.494 e. The number of anilines is 4. The van der Waals surface area contributed by atoms with Gasteiger partial charge in [0, 0.05) is 25.7 Å². The molecule has 1 saturated heterocycles. The van der Waals surface area contributed by atoms with E-state index in [1.807, 2.05) is 20.8 Å². The predicted molar refractivity (Wildman–Crippen MR) is 165 cm³/mol. The molecule has 1 aliphatic rings. The Kier molecular flexibility index (Phi) is 12.9. The summed E-state index contributed by atoms with van der Waals surface area (Å²) in [5.41, 5.74) is 5.25.